The number of carbonyl (C=O) groups is 1. The van der Waals surface area contributed by atoms with Crippen molar-refractivity contribution >= 4 is 11.6 Å². The molecule has 1 aromatic carbocycles. The molecular weight excluding hydrogens is 240 g/mol. The fourth-order valence-corrected chi connectivity index (χ4v) is 2.31. The van der Waals surface area contributed by atoms with E-state index in [0.717, 1.165) is 18.7 Å². The van der Waals surface area contributed by atoms with Gasteiger partial charge in [0.05, 0.1) is 6.54 Å². The molecule has 1 fully saturated rings. The maximum Gasteiger partial charge on any atom is 0.222 e. The third-order valence-corrected chi connectivity index (χ3v) is 3.24. The van der Waals surface area contributed by atoms with Gasteiger partial charge in [0.25, 0.3) is 0 Å². The molecule has 1 unspecified atom stereocenters. The lowest BCUT2D eigenvalue weighted by Crippen LogP contribution is -2.31. The number of carbonyl (C=O) groups excluding carboxylic acids is 1. The summed E-state index contributed by atoms with van der Waals surface area (Å²) in [6.45, 7) is 5.60. The molecule has 0 saturated carbocycles. The standard InChI is InChI=1S/C15H22N2O2/c1-11(2)8-15(18)17-7-6-14(10-17)19-13-5-3-4-12(16)9-13/h3-5,9,11,14H,6-8,10,16H2,1-2H3. The van der Waals surface area contributed by atoms with E-state index in [2.05, 4.69) is 13.8 Å². The van der Waals surface area contributed by atoms with Crippen LogP contribution in [0.3, 0.4) is 0 Å². The lowest BCUT2D eigenvalue weighted by atomic mass is 10.1. The average Bonchev–Trinajstić information content (AvgIpc) is 2.76. The van der Waals surface area contributed by atoms with Gasteiger partial charge in [-0.15, -0.1) is 0 Å². The summed E-state index contributed by atoms with van der Waals surface area (Å²) in [5.41, 5.74) is 6.42. The van der Waals surface area contributed by atoms with Crippen LogP contribution in [0.5, 0.6) is 5.75 Å². The number of rotatable bonds is 4. The van der Waals surface area contributed by atoms with Crippen LogP contribution in [-0.2, 0) is 4.79 Å². The third-order valence-electron chi connectivity index (χ3n) is 3.24. The van der Waals surface area contributed by atoms with Gasteiger partial charge in [0.15, 0.2) is 0 Å². The van der Waals surface area contributed by atoms with Gasteiger partial charge in [-0.05, 0) is 18.1 Å². The van der Waals surface area contributed by atoms with E-state index in [9.17, 15) is 4.79 Å². The van der Waals surface area contributed by atoms with Crippen molar-refractivity contribution in [2.24, 2.45) is 5.92 Å². The third kappa shape index (κ3) is 3.88. The first-order valence-electron chi connectivity index (χ1n) is 6.84. The van der Waals surface area contributed by atoms with Crippen molar-refractivity contribution < 1.29 is 9.53 Å². The minimum atomic E-state index is 0.0814. The van der Waals surface area contributed by atoms with Gasteiger partial charge in [0.1, 0.15) is 11.9 Å². The van der Waals surface area contributed by atoms with E-state index in [1.807, 2.05) is 29.2 Å². The van der Waals surface area contributed by atoms with Gasteiger partial charge < -0.3 is 15.4 Å². The quantitative estimate of drug-likeness (QED) is 0.847. The summed E-state index contributed by atoms with van der Waals surface area (Å²) < 4.78 is 5.87. The lowest BCUT2D eigenvalue weighted by molar-refractivity contribution is -0.131. The number of nitrogen functional groups attached to an aromatic ring is 1. The first-order valence-corrected chi connectivity index (χ1v) is 6.84. The Morgan fingerprint density at radius 3 is 3.00 bits per heavy atom. The van der Waals surface area contributed by atoms with Gasteiger partial charge in [0.2, 0.25) is 5.91 Å². The molecule has 0 spiro atoms. The maximum atomic E-state index is 12.0. The SMILES string of the molecule is CC(C)CC(=O)N1CCC(Oc2cccc(N)c2)C1. The Morgan fingerprint density at radius 1 is 1.53 bits per heavy atom. The largest absolute Gasteiger partial charge is 0.488 e. The highest BCUT2D eigenvalue weighted by atomic mass is 16.5. The Hall–Kier alpha value is -1.71. The predicted molar refractivity (Wildman–Crippen MR) is 75.9 cm³/mol. The van der Waals surface area contributed by atoms with Crippen LogP contribution in [0.25, 0.3) is 0 Å². The van der Waals surface area contributed by atoms with E-state index in [1.54, 1.807) is 0 Å². The highest BCUT2D eigenvalue weighted by molar-refractivity contribution is 5.76. The molecule has 1 aliphatic rings. The minimum Gasteiger partial charge on any atom is -0.488 e. The molecule has 19 heavy (non-hydrogen) atoms. The second-order valence-corrected chi connectivity index (χ2v) is 5.54. The summed E-state index contributed by atoms with van der Waals surface area (Å²) in [7, 11) is 0. The number of amides is 1. The smallest absolute Gasteiger partial charge is 0.222 e. The first kappa shape index (κ1) is 13.7. The second kappa shape index (κ2) is 5.95. The lowest BCUT2D eigenvalue weighted by Gasteiger charge is -2.18. The van der Waals surface area contributed by atoms with E-state index < -0.39 is 0 Å². The molecule has 4 heteroatoms. The van der Waals surface area contributed by atoms with Crippen LogP contribution in [0.4, 0.5) is 5.69 Å². The fraction of sp³-hybridized carbons (Fsp3) is 0.533. The number of hydrogen-bond acceptors (Lipinski definition) is 3. The Bertz CT molecular complexity index is 446. The van der Waals surface area contributed by atoms with Crippen LogP contribution in [0, 0.1) is 5.92 Å². The minimum absolute atomic E-state index is 0.0814. The van der Waals surface area contributed by atoms with Crippen molar-refractivity contribution in [3.05, 3.63) is 24.3 Å². The zero-order valence-corrected chi connectivity index (χ0v) is 11.6. The highest BCUT2D eigenvalue weighted by Gasteiger charge is 2.27. The summed E-state index contributed by atoms with van der Waals surface area (Å²) in [6, 6.07) is 7.43. The van der Waals surface area contributed by atoms with Gasteiger partial charge in [-0.1, -0.05) is 19.9 Å². The summed E-state index contributed by atoms with van der Waals surface area (Å²) in [5, 5.41) is 0. The molecule has 1 aromatic rings. The Kier molecular flexibility index (Phi) is 4.30. The molecule has 2 rings (SSSR count). The Labute approximate surface area is 114 Å². The van der Waals surface area contributed by atoms with Gasteiger partial charge in [-0.25, -0.2) is 0 Å². The molecule has 1 atom stereocenters. The zero-order valence-electron chi connectivity index (χ0n) is 11.6. The van der Waals surface area contributed by atoms with Crippen molar-refractivity contribution in [2.45, 2.75) is 32.8 Å². The molecule has 4 nitrogen and oxygen atoms in total. The molecule has 104 valence electrons. The highest BCUT2D eigenvalue weighted by Crippen LogP contribution is 2.21. The molecule has 0 radical (unpaired) electrons. The van der Waals surface area contributed by atoms with Crippen LogP contribution in [-0.4, -0.2) is 30.0 Å². The molecule has 1 amide bonds. The molecule has 1 heterocycles. The van der Waals surface area contributed by atoms with E-state index in [4.69, 9.17) is 10.5 Å². The number of likely N-dealkylation sites (tertiary alicyclic amines) is 1. The number of benzene rings is 1. The van der Waals surface area contributed by atoms with E-state index >= 15 is 0 Å². The van der Waals surface area contributed by atoms with Crippen molar-refractivity contribution in [3.8, 4) is 5.75 Å². The zero-order chi connectivity index (χ0) is 13.8. The maximum absolute atomic E-state index is 12.0. The number of ether oxygens (including phenoxy) is 1. The van der Waals surface area contributed by atoms with Crippen molar-refractivity contribution in [1.82, 2.24) is 4.90 Å². The monoisotopic (exact) mass is 262 g/mol. The summed E-state index contributed by atoms with van der Waals surface area (Å²) in [6.07, 6.45) is 1.59. The van der Waals surface area contributed by atoms with Crippen molar-refractivity contribution in [2.75, 3.05) is 18.8 Å². The number of nitrogens with two attached hydrogens (primary N) is 1. The summed E-state index contributed by atoms with van der Waals surface area (Å²) in [5.74, 6) is 1.42. The van der Waals surface area contributed by atoms with Crippen LogP contribution in [0.1, 0.15) is 26.7 Å². The first-order chi connectivity index (χ1) is 9.04. The summed E-state index contributed by atoms with van der Waals surface area (Å²) in [4.78, 5) is 13.9. The molecule has 1 saturated heterocycles. The van der Waals surface area contributed by atoms with Gasteiger partial charge in [0, 0.05) is 31.1 Å². The van der Waals surface area contributed by atoms with Crippen LogP contribution in [0.15, 0.2) is 24.3 Å². The normalized spacial score (nSPS) is 18.9. The predicted octanol–water partition coefficient (Wildman–Crippen LogP) is 2.29. The van der Waals surface area contributed by atoms with E-state index in [0.29, 0.717) is 24.6 Å². The van der Waals surface area contributed by atoms with Crippen LogP contribution in [0.2, 0.25) is 0 Å². The van der Waals surface area contributed by atoms with Crippen LogP contribution < -0.4 is 10.5 Å². The second-order valence-electron chi connectivity index (χ2n) is 5.54. The number of hydrogen-bond donors (Lipinski definition) is 1. The van der Waals surface area contributed by atoms with E-state index in [-0.39, 0.29) is 12.0 Å². The van der Waals surface area contributed by atoms with Gasteiger partial charge in [-0.3, -0.25) is 4.79 Å². The number of nitrogens with zero attached hydrogens (tertiary/aromatic N) is 1. The molecule has 0 bridgehead atoms. The molecular formula is C15H22N2O2. The Morgan fingerprint density at radius 2 is 2.32 bits per heavy atom. The van der Waals surface area contributed by atoms with Crippen molar-refractivity contribution in [3.63, 3.8) is 0 Å². The van der Waals surface area contributed by atoms with Crippen molar-refractivity contribution in [1.29, 1.82) is 0 Å². The fourth-order valence-electron chi connectivity index (χ4n) is 2.31. The molecule has 0 aliphatic carbocycles. The molecule has 0 aromatic heterocycles. The van der Waals surface area contributed by atoms with E-state index in [1.165, 1.54) is 0 Å². The Balaban J connectivity index is 1.87. The van der Waals surface area contributed by atoms with Gasteiger partial charge in [-0.2, -0.15) is 0 Å². The topological polar surface area (TPSA) is 55.6 Å². The molecule has 1 aliphatic heterocycles. The summed E-state index contributed by atoms with van der Waals surface area (Å²) >= 11 is 0. The van der Waals surface area contributed by atoms with Gasteiger partial charge >= 0.3 is 0 Å². The average molecular weight is 262 g/mol. The number of anilines is 1. The molecule has 2 N–H and O–H groups in total. The van der Waals surface area contributed by atoms with Crippen LogP contribution >= 0.6 is 0 Å².